The van der Waals surface area contributed by atoms with Crippen LogP contribution in [0.1, 0.15) is 35.7 Å². The highest BCUT2D eigenvalue weighted by atomic mass is 19.4. The molecule has 9 nitrogen and oxygen atoms in total. The number of hydrogen-bond acceptors (Lipinski definition) is 6. The van der Waals surface area contributed by atoms with Gasteiger partial charge in [-0.15, -0.1) is 0 Å². The predicted molar refractivity (Wildman–Crippen MR) is 125 cm³/mol. The Balaban J connectivity index is 1.34. The summed E-state index contributed by atoms with van der Waals surface area (Å²) in [5, 5.41) is 7.58. The van der Waals surface area contributed by atoms with E-state index in [-0.39, 0.29) is 23.1 Å². The average molecular weight is 502 g/mol. The number of hydrogen-bond donors (Lipinski definition) is 2. The van der Waals surface area contributed by atoms with E-state index in [1.54, 1.807) is 30.5 Å². The molecule has 3 aromatic heterocycles. The number of ether oxygens (including phenoxy) is 1. The quantitative estimate of drug-likeness (QED) is 0.555. The van der Waals surface area contributed by atoms with E-state index < -0.39 is 17.6 Å². The number of likely N-dealkylation sites (tertiary alicyclic amines) is 1. The molecule has 3 aromatic rings. The minimum atomic E-state index is -4.60. The molecule has 1 spiro atoms. The number of aryl methyl sites for hydroxylation is 1. The van der Waals surface area contributed by atoms with Gasteiger partial charge in [0.1, 0.15) is 5.82 Å². The van der Waals surface area contributed by atoms with Crippen molar-refractivity contribution >= 4 is 11.8 Å². The third-order valence-corrected chi connectivity index (χ3v) is 7.00. The third kappa shape index (κ3) is 4.36. The molecular weight excluding hydrogens is 475 g/mol. The van der Waals surface area contributed by atoms with Crippen molar-refractivity contribution in [1.29, 1.82) is 0 Å². The van der Waals surface area contributed by atoms with E-state index in [1.165, 1.54) is 6.20 Å². The number of carbonyl (C=O) groups excluding carboxylic acids is 1. The van der Waals surface area contributed by atoms with Gasteiger partial charge >= 0.3 is 12.2 Å². The molecule has 2 atom stereocenters. The molecule has 0 bridgehead atoms. The van der Waals surface area contributed by atoms with Gasteiger partial charge in [-0.05, 0) is 36.6 Å². The number of pyridine rings is 2. The number of nitrogens with two attached hydrogens (primary N) is 1. The summed E-state index contributed by atoms with van der Waals surface area (Å²) in [4.78, 5) is 22.8. The smallest absolute Gasteiger partial charge is 0.383 e. The Morgan fingerprint density at radius 2 is 2.08 bits per heavy atom. The van der Waals surface area contributed by atoms with Crippen LogP contribution in [0.25, 0.3) is 11.3 Å². The third-order valence-electron chi connectivity index (χ3n) is 7.00. The maximum Gasteiger partial charge on any atom is 0.419 e. The van der Waals surface area contributed by atoms with Gasteiger partial charge in [0.2, 0.25) is 0 Å². The zero-order valence-electron chi connectivity index (χ0n) is 19.6. The van der Waals surface area contributed by atoms with Crippen molar-refractivity contribution in [2.45, 2.75) is 37.0 Å². The number of fused-ring (bicyclic) bond motifs is 2. The van der Waals surface area contributed by atoms with Gasteiger partial charge in [-0.2, -0.15) is 18.3 Å². The minimum Gasteiger partial charge on any atom is -0.383 e. The molecule has 190 valence electrons. The summed E-state index contributed by atoms with van der Waals surface area (Å²) in [5.41, 5.74) is 6.58. The molecular formula is C24H26F3N7O2. The molecule has 2 aliphatic rings. The van der Waals surface area contributed by atoms with Gasteiger partial charge in [-0.3, -0.25) is 9.67 Å². The SMILES string of the molecule is COC[C@H](NC(=O)N1CCC2(CCn3nc(-c4cnc(N)c(C(F)(F)F)c4)cc32)C1)c1cccnc1. The maximum absolute atomic E-state index is 13.3. The second kappa shape index (κ2) is 9.08. The standard InChI is InChI=1S/C24H26F3N7O2/c1-36-13-19(15-3-2-6-29-11-15)31-22(35)33-7-4-23(14-33)5-8-34-20(23)10-18(32-34)16-9-17(24(25,26)27)21(28)30-12-16/h2-3,6,9-12,19H,4-5,7-8,13-14H2,1H3,(H2,28,30)(H,31,35)/t19-,23?/m0/s1. The van der Waals surface area contributed by atoms with Crippen LogP contribution in [0.4, 0.5) is 23.8 Å². The van der Waals surface area contributed by atoms with Crippen molar-refractivity contribution in [1.82, 2.24) is 30.0 Å². The van der Waals surface area contributed by atoms with E-state index in [2.05, 4.69) is 20.4 Å². The first kappa shape index (κ1) is 24.0. The van der Waals surface area contributed by atoms with E-state index in [1.807, 2.05) is 16.8 Å². The highest BCUT2D eigenvalue weighted by Crippen LogP contribution is 2.44. The molecule has 1 saturated heterocycles. The fraction of sp³-hybridized carbons (Fsp3) is 0.417. The number of carbonyl (C=O) groups is 1. The van der Waals surface area contributed by atoms with Crippen molar-refractivity contribution in [2.75, 3.05) is 32.5 Å². The summed E-state index contributed by atoms with van der Waals surface area (Å²) in [6.07, 6.45) is 1.60. The van der Waals surface area contributed by atoms with E-state index in [0.717, 1.165) is 30.2 Å². The zero-order valence-corrected chi connectivity index (χ0v) is 19.6. The van der Waals surface area contributed by atoms with Gasteiger partial charge in [-0.25, -0.2) is 9.78 Å². The average Bonchev–Trinajstić information content (AvgIpc) is 3.56. The molecule has 12 heteroatoms. The highest BCUT2D eigenvalue weighted by molar-refractivity contribution is 5.75. The number of nitrogens with one attached hydrogen (secondary N) is 1. The van der Waals surface area contributed by atoms with Gasteiger partial charge in [0.25, 0.3) is 0 Å². The molecule has 1 fully saturated rings. The largest absolute Gasteiger partial charge is 0.419 e. The van der Waals surface area contributed by atoms with Crippen LogP contribution < -0.4 is 11.1 Å². The van der Waals surface area contributed by atoms with Crippen molar-refractivity contribution in [3.63, 3.8) is 0 Å². The van der Waals surface area contributed by atoms with Gasteiger partial charge < -0.3 is 20.7 Å². The Labute approximate surface area is 205 Å². The van der Waals surface area contributed by atoms with E-state index in [9.17, 15) is 18.0 Å². The first-order chi connectivity index (χ1) is 17.2. The van der Waals surface area contributed by atoms with Crippen LogP contribution in [0, 0.1) is 0 Å². The van der Waals surface area contributed by atoms with Crippen molar-refractivity contribution < 1.29 is 22.7 Å². The highest BCUT2D eigenvalue weighted by Gasteiger charge is 2.47. The Hall–Kier alpha value is -3.67. The summed E-state index contributed by atoms with van der Waals surface area (Å²) in [7, 11) is 1.58. The first-order valence-corrected chi connectivity index (χ1v) is 11.6. The van der Waals surface area contributed by atoms with E-state index in [0.29, 0.717) is 31.9 Å². The van der Waals surface area contributed by atoms with E-state index >= 15 is 0 Å². The predicted octanol–water partition coefficient (Wildman–Crippen LogP) is 3.39. The lowest BCUT2D eigenvalue weighted by Gasteiger charge is -2.26. The van der Waals surface area contributed by atoms with E-state index in [4.69, 9.17) is 10.5 Å². The Kier molecular flexibility index (Phi) is 6.07. The van der Waals surface area contributed by atoms with Crippen LogP contribution in [0.2, 0.25) is 0 Å². The number of methoxy groups -OCH3 is 1. The molecule has 0 aromatic carbocycles. The lowest BCUT2D eigenvalue weighted by molar-refractivity contribution is -0.137. The molecule has 2 amide bonds. The lowest BCUT2D eigenvalue weighted by atomic mass is 9.82. The number of halogens is 3. The summed E-state index contributed by atoms with van der Waals surface area (Å²) in [6.45, 7) is 1.98. The second-order valence-corrected chi connectivity index (χ2v) is 9.24. The number of aromatic nitrogens is 4. The van der Waals surface area contributed by atoms with Gasteiger partial charge in [0.05, 0.1) is 23.9 Å². The van der Waals surface area contributed by atoms with Crippen molar-refractivity contribution in [3.8, 4) is 11.3 Å². The van der Waals surface area contributed by atoms with Crippen LogP contribution in [0.5, 0.6) is 0 Å². The molecule has 0 saturated carbocycles. The molecule has 3 N–H and O–H groups in total. The maximum atomic E-state index is 13.3. The summed E-state index contributed by atoms with van der Waals surface area (Å²) in [6, 6.07) is 5.94. The van der Waals surface area contributed by atoms with Gasteiger partial charge in [0, 0.05) is 62.0 Å². The van der Waals surface area contributed by atoms with Crippen LogP contribution >= 0.6 is 0 Å². The van der Waals surface area contributed by atoms with Crippen LogP contribution in [-0.4, -0.2) is 57.5 Å². The number of nitrogens with zero attached hydrogens (tertiary/aromatic N) is 5. The molecule has 1 unspecified atom stereocenters. The lowest BCUT2D eigenvalue weighted by Crippen LogP contribution is -2.43. The first-order valence-electron chi connectivity index (χ1n) is 11.6. The molecule has 36 heavy (non-hydrogen) atoms. The number of amides is 2. The topological polar surface area (TPSA) is 111 Å². The number of rotatable bonds is 5. The number of nitrogen functional groups attached to an aromatic ring is 1. The molecule has 0 radical (unpaired) electrons. The Morgan fingerprint density at radius 3 is 2.81 bits per heavy atom. The molecule has 0 aliphatic carbocycles. The fourth-order valence-electron chi connectivity index (χ4n) is 5.11. The zero-order chi connectivity index (χ0) is 25.5. The summed E-state index contributed by atoms with van der Waals surface area (Å²) in [5.74, 6) is -0.565. The van der Waals surface area contributed by atoms with Crippen molar-refractivity contribution in [3.05, 3.63) is 59.7 Å². The summed E-state index contributed by atoms with van der Waals surface area (Å²) < 4.78 is 47.0. The Bertz CT molecular complexity index is 1260. The number of alkyl halides is 3. The molecule has 5 rings (SSSR count). The van der Waals surface area contributed by atoms with Crippen LogP contribution in [0.15, 0.2) is 42.9 Å². The van der Waals surface area contributed by atoms with Crippen molar-refractivity contribution in [2.24, 2.45) is 0 Å². The van der Waals surface area contributed by atoms with Crippen LogP contribution in [-0.2, 0) is 22.9 Å². The Morgan fingerprint density at radius 1 is 1.28 bits per heavy atom. The van der Waals surface area contributed by atoms with Crippen LogP contribution in [0.3, 0.4) is 0 Å². The molecule has 5 heterocycles. The monoisotopic (exact) mass is 501 g/mol. The van der Waals surface area contributed by atoms with Gasteiger partial charge in [0.15, 0.2) is 0 Å². The second-order valence-electron chi connectivity index (χ2n) is 9.24. The summed E-state index contributed by atoms with van der Waals surface area (Å²) >= 11 is 0. The molecule has 2 aliphatic heterocycles. The normalized spacial score (nSPS) is 20.1. The number of anilines is 1. The minimum absolute atomic E-state index is 0.200. The fourth-order valence-corrected chi connectivity index (χ4v) is 5.11. The van der Waals surface area contributed by atoms with Gasteiger partial charge in [-0.1, -0.05) is 6.07 Å². The number of urea groups is 1.